The number of aryl methyl sites for hydroxylation is 1. The highest BCUT2D eigenvalue weighted by molar-refractivity contribution is 6.06. The Morgan fingerprint density at radius 2 is 1.90 bits per heavy atom. The van der Waals surface area contributed by atoms with Crippen molar-refractivity contribution in [2.75, 3.05) is 6.79 Å². The van der Waals surface area contributed by atoms with Crippen molar-refractivity contribution in [1.29, 1.82) is 0 Å². The van der Waals surface area contributed by atoms with E-state index in [1.165, 1.54) is 4.68 Å². The molecule has 0 saturated heterocycles. The average Bonchev–Trinajstić information content (AvgIpc) is 3.27. The molecule has 3 aromatic rings. The van der Waals surface area contributed by atoms with Gasteiger partial charge in [-0.25, -0.2) is 10.1 Å². The van der Waals surface area contributed by atoms with Gasteiger partial charge in [-0.05, 0) is 37.6 Å². The van der Waals surface area contributed by atoms with E-state index in [2.05, 4.69) is 22.5 Å². The number of hydrogen-bond acceptors (Lipinski definition) is 6. The molecule has 160 valence electrons. The molecular formula is C23H24N4O4. The molecule has 1 N–H and O–H groups in total. The van der Waals surface area contributed by atoms with E-state index in [9.17, 15) is 9.59 Å². The Kier molecular flexibility index (Phi) is 5.97. The van der Waals surface area contributed by atoms with Gasteiger partial charge in [-0.15, -0.1) is 0 Å². The largest absolute Gasteiger partial charge is 0.454 e. The number of fused-ring (bicyclic) bond motifs is 2. The molecular weight excluding hydrogens is 396 g/mol. The van der Waals surface area contributed by atoms with E-state index in [4.69, 9.17) is 9.47 Å². The van der Waals surface area contributed by atoms with Crippen molar-refractivity contribution < 1.29 is 14.3 Å². The van der Waals surface area contributed by atoms with Crippen LogP contribution in [0.25, 0.3) is 10.8 Å². The fraction of sp³-hybridized carbons (Fsp3) is 0.304. The second-order valence-electron chi connectivity index (χ2n) is 7.34. The third kappa shape index (κ3) is 4.28. The molecule has 0 fully saturated rings. The van der Waals surface area contributed by atoms with Gasteiger partial charge in [-0.2, -0.15) is 10.2 Å². The summed E-state index contributed by atoms with van der Waals surface area (Å²) in [5.74, 6) is 0.854. The highest BCUT2D eigenvalue weighted by Crippen LogP contribution is 2.32. The lowest BCUT2D eigenvalue weighted by Crippen LogP contribution is -2.29. The molecule has 0 spiro atoms. The smallest absolute Gasteiger partial charge is 0.292 e. The van der Waals surface area contributed by atoms with E-state index in [1.54, 1.807) is 37.3 Å². The number of ether oxygens (including phenoxy) is 2. The summed E-state index contributed by atoms with van der Waals surface area (Å²) in [6, 6.07) is 12.5. The van der Waals surface area contributed by atoms with Crippen LogP contribution in [-0.4, -0.2) is 28.2 Å². The maximum atomic E-state index is 12.9. The van der Waals surface area contributed by atoms with Crippen molar-refractivity contribution in [3.05, 3.63) is 64.1 Å². The van der Waals surface area contributed by atoms with Gasteiger partial charge in [0.05, 0.1) is 11.1 Å². The summed E-state index contributed by atoms with van der Waals surface area (Å²) >= 11 is 0. The standard InChI is InChI=1S/C23H24N4O4/c1-3-4-7-12-27-23(29)18-9-6-5-8-17(18)21(26-27)22(28)25-24-15(2)16-10-11-19-20(13-16)31-14-30-19/h5-6,8-11,13H,3-4,7,12,14H2,1-2H3,(H,25,28)/b24-15-. The minimum Gasteiger partial charge on any atom is -0.454 e. The molecule has 0 atom stereocenters. The number of nitrogens with one attached hydrogen (secondary N) is 1. The Labute approximate surface area is 179 Å². The Hall–Kier alpha value is -3.68. The molecule has 1 aliphatic rings. The fourth-order valence-electron chi connectivity index (χ4n) is 3.44. The highest BCUT2D eigenvalue weighted by atomic mass is 16.7. The van der Waals surface area contributed by atoms with Crippen LogP contribution in [0.5, 0.6) is 11.5 Å². The van der Waals surface area contributed by atoms with E-state index in [0.29, 0.717) is 34.5 Å². The molecule has 0 bridgehead atoms. The van der Waals surface area contributed by atoms with E-state index in [0.717, 1.165) is 24.8 Å². The van der Waals surface area contributed by atoms with Gasteiger partial charge in [0.2, 0.25) is 6.79 Å². The van der Waals surface area contributed by atoms with Gasteiger partial charge >= 0.3 is 0 Å². The fourth-order valence-corrected chi connectivity index (χ4v) is 3.44. The summed E-state index contributed by atoms with van der Waals surface area (Å²) in [6.07, 6.45) is 2.84. The van der Waals surface area contributed by atoms with Crippen molar-refractivity contribution in [3.8, 4) is 11.5 Å². The number of aromatic nitrogens is 2. The van der Waals surface area contributed by atoms with Crippen LogP contribution in [0.2, 0.25) is 0 Å². The lowest BCUT2D eigenvalue weighted by molar-refractivity contribution is 0.0949. The van der Waals surface area contributed by atoms with Gasteiger partial charge in [0.15, 0.2) is 17.2 Å². The molecule has 4 rings (SSSR count). The van der Waals surface area contributed by atoms with Crippen LogP contribution in [-0.2, 0) is 6.54 Å². The average molecular weight is 420 g/mol. The summed E-state index contributed by atoms with van der Waals surface area (Å²) < 4.78 is 12.1. The molecule has 31 heavy (non-hydrogen) atoms. The number of benzene rings is 2. The summed E-state index contributed by atoms with van der Waals surface area (Å²) in [4.78, 5) is 25.7. The summed E-state index contributed by atoms with van der Waals surface area (Å²) in [5, 5.41) is 9.56. The molecule has 1 aliphatic heterocycles. The number of unbranched alkanes of at least 4 members (excludes halogenated alkanes) is 2. The van der Waals surface area contributed by atoms with E-state index >= 15 is 0 Å². The topological polar surface area (TPSA) is 94.8 Å². The molecule has 2 aromatic carbocycles. The summed E-state index contributed by atoms with van der Waals surface area (Å²) in [6.45, 7) is 4.54. The molecule has 8 heteroatoms. The Morgan fingerprint density at radius 3 is 2.71 bits per heavy atom. The highest BCUT2D eigenvalue weighted by Gasteiger charge is 2.17. The Bertz CT molecular complexity index is 1220. The third-order valence-electron chi connectivity index (χ3n) is 5.17. The number of hydrazone groups is 1. The number of hydrogen-bond donors (Lipinski definition) is 1. The van der Waals surface area contributed by atoms with Gasteiger partial charge < -0.3 is 9.47 Å². The normalized spacial score (nSPS) is 12.9. The van der Waals surface area contributed by atoms with Gasteiger partial charge in [-0.1, -0.05) is 38.0 Å². The van der Waals surface area contributed by atoms with Crippen LogP contribution in [0.1, 0.15) is 49.2 Å². The molecule has 0 unspecified atom stereocenters. The van der Waals surface area contributed by atoms with Gasteiger partial charge in [-0.3, -0.25) is 9.59 Å². The van der Waals surface area contributed by atoms with E-state index < -0.39 is 5.91 Å². The zero-order valence-electron chi connectivity index (χ0n) is 17.6. The first-order chi connectivity index (χ1) is 15.1. The lowest BCUT2D eigenvalue weighted by atomic mass is 10.1. The number of rotatable bonds is 7. The van der Waals surface area contributed by atoms with Crippen LogP contribution in [0.4, 0.5) is 0 Å². The Morgan fingerprint density at radius 1 is 1.13 bits per heavy atom. The number of amides is 1. The number of carbonyl (C=O) groups is 1. The van der Waals surface area contributed by atoms with E-state index in [-0.39, 0.29) is 18.0 Å². The quantitative estimate of drug-likeness (QED) is 0.359. The number of carbonyl (C=O) groups excluding carboxylic acids is 1. The SMILES string of the molecule is CCCCCn1nc(C(=O)N/N=C(/C)c2ccc3c(c2)OCO3)c2ccccc2c1=O. The maximum absolute atomic E-state index is 12.9. The van der Waals surface area contributed by atoms with Gasteiger partial charge in [0.1, 0.15) is 0 Å². The molecule has 0 aliphatic carbocycles. The van der Waals surface area contributed by atoms with Gasteiger partial charge in [0, 0.05) is 17.5 Å². The zero-order valence-corrected chi connectivity index (χ0v) is 17.6. The Balaban J connectivity index is 1.61. The van der Waals surface area contributed by atoms with Gasteiger partial charge in [0.25, 0.3) is 11.5 Å². The first-order valence-electron chi connectivity index (χ1n) is 10.3. The monoisotopic (exact) mass is 420 g/mol. The minimum atomic E-state index is -0.472. The zero-order chi connectivity index (χ0) is 21.8. The van der Waals surface area contributed by atoms with E-state index in [1.807, 2.05) is 12.1 Å². The molecule has 1 amide bonds. The molecule has 2 heterocycles. The molecule has 0 saturated carbocycles. The molecule has 0 radical (unpaired) electrons. The molecule has 1 aromatic heterocycles. The summed E-state index contributed by atoms with van der Waals surface area (Å²) in [7, 11) is 0. The summed E-state index contributed by atoms with van der Waals surface area (Å²) in [5.41, 5.74) is 3.96. The minimum absolute atomic E-state index is 0.175. The second-order valence-corrected chi connectivity index (χ2v) is 7.34. The molecule has 8 nitrogen and oxygen atoms in total. The van der Waals surface area contributed by atoms with Crippen LogP contribution >= 0.6 is 0 Å². The van der Waals surface area contributed by atoms with Crippen LogP contribution in [0.15, 0.2) is 52.4 Å². The lowest BCUT2D eigenvalue weighted by Gasteiger charge is -2.10. The second kappa shape index (κ2) is 8.99. The van der Waals surface area contributed by atoms with Crippen molar-refractivity contribution >= 4 is 22.4 Å². The first-order valence-corrected chi connectivity index (χ1v) is 10.3. The number of nitrogens with zero attached hydrogens (tertiary/aromatic N) is 3. The van der Waals surface area contributed by atoms with Crippen molar-refractivity contribution in [2.45, 2.75) is 39.7 Å². The van der Waals surface area contributed by atoms with Crippen LogP contribution in [0.3, 0.4) is 0 Å². The van der Waals surface area contributed by atoms with Crippen molar-refractivity contribution in [2.24, 2.45) is 5.10 Å². The third-order valence-corrected chi connectivity index (χ3v) is 5.17. The predicted octanol–water partition coefficient (Wildman–Crippen LogP) is 3.47. The van der Waals surface area contributed by atoms with Crippen LogP contribution in [0, 0.1) is 0 Å². The van der Waals surface area contributed by atoms with Crippen molar-refractivity contribution in [1.82, 2.24) is 15.2 Å². The van der Waals surface area contributed by atoms with Crippen molar-refractivity contribution in [3.63, 3.8) is 0 Å². The maximum Gasteiger partial charge on any atom is 0.292 e. The van der Waals surface area contributed by atoms with Crippen LogP contribution < -0.4 is 20.5 Å². The predicted molar refractivity (Wildman–Crippen MR) is 118 cm³/mol. The first kappa shape index (κ1) is 20.6.